The fraction of sp³-hybridized carbons (Fsp3) is 0.381. The SMILES string of the molecule is Cc1ccc(C(=O)C(CC2COCCO2)c2ccc(C)cc2)cc1. The van der Waals surface area contributed by atoms with E-state index in [1.807, 2.05) is 31.2 Å². The molecule has 0 amide bonds. The third-order valence-corrected chi connectivity index (χ3v) is 4.52. The molecule has 1 aliphatic rings. The topological polar surface area (TPSA) is 35.5 Å². The lowest BCUT2D eigenvalue weighted by atomic mass is 9.85. The Morgan fingerprint density at radius 1 is 1.00 bits per heavy atom. The molecule has 126 valence electrons. The number of hydrogen-bond donors (Lipinski definition) is 0. The Hall–Kier alpha value is -1.97. The van der Waals surface area contributed by atoms with Crippen LogP contribution in [0.15, 0.2) is 48.5 Å². The molecule has 2 atom stereocenters. The van der Waals surface area contributed by atoms with E-state index in [0.29, 0.717) is 26.2 Å². The summed E-state index contributed by atoms with van der Waals surface area (Å²) in [5.41, 5.74) is 4.14. The zero-order valence-corrected chi connectivity index (χ0v) is 14.3. The highest BCUT2D eigenvalue weighted by atomic mass is 16.6. The summed E-state index contributed by atoms with van der Waals surface area (Å²) < 4.78 is 11.3. The second-order valence-electron chi connectivity index (χ2n) is 6.50. The van der Waals surface area contributed by atoms with E-state index in [-0.39, 0.29) is 17.8 Å². The summed E-state index contributed by atoms with van der Waals surface area (Å²) in [5, 5.41) is 0. The number of hydrogen-bond acceptors (Lipinski definition) is 3. The van der Waals surface area contributed by atoms with Crippen molar-refractivity contribution in [2.24, 2.45) is 0 Å². The predicted octanol–water partition coefficient (Wildman–Crippen LogP) is 4.08. The zero-order chi connectivity index (χ0) is 16.9. The van der Waals surface area contributed by atoms with Crippen molar-refractivity contribution < 1.29 is 14.3 Å². The van der Waals surface area contributed by atoms with Crippen molar-refractivity contribution in [2.45, 2.75) is 32.3 Å². The van der Waals surface area contributed by atoms with E-state index >= 15 is 0 Å². The quantitative estimate of drug-likeness (QED) is 0.778. The van der Waals surface area contributed by atoms with Gasteiger partial charge in [-0.05, 0) is 25.8 Å². The van der Waals surface area contributed by atoms with Gasteiger partial charge in [-0.15, -0.1) is 0 Å². The minimum absolute atomic E-state index is 0.0283. The summed E-state index contributed by atoms with van der Waals surface area (Å²) in [5.74, 6) is -0.0620. The molecule has 3 heteroatoms. The van der Waals surface area contributed by atoms with Crippen LogP contribution in [-0.2, 0) is 9.47 Å². The maximum Gasteiger partial charge on any atom is 0.170 e. The summed E-state index contributed by atoms with van der Waals surface area (Å²) in [6.07, 6.45) is 0.620. The fourth-order valence-electron chi connectivity index (χ4n) is 3.05. The molecular weight excluding hydrogens is 300 g/mol. The van der Waals surface area contributed by atoms with Crippen molar-refractivity contribution in [3.63, 3.8) is 0 Å². The molecule has 2 aromatic carbocycles. The van der Waals surface area contributed by atoms with E-state index in [4.69, 9.17) is 9.47 Å². The monoisotopic (exact) mass is 324 g/mol. The van der Waals surface area contributed by atoms with Gasteiger partial charge in [0, 0.05) is 11.5 Å². The Kier molecular flexibility index (Phi) is 5.44. The third-order valence-electron chi connectivity index (χ3n) is 4.52. The van der Waals surface area contributed by atoms with Crippen LogP contribution < -0.4 is 0 Å². The Bertz CT molecular complexity index is 667. The molecule has 2 unspecified atom stereocenters. The fourth-order valence-corrected chi connectivity index (χ4v) is 3.05. The van der Waals surface area contributed by atoms with Gasteiger partial charge in [-0.1, -0.05) is 59.7 Å². The molecule has 1 saturated heterocycles. The van der Waals surface area contributed by atoms with Gasteiger partial charge in [-0.25, -0.2) is 0 Å². The maximum absolute atomic E-state index is 13.1. The van der Waals surface area contributed by atoms with Gasteiger partial charge in [0.25, 0.3) is 0 Å². The van der Waals surface area contributed by atoms with Gasteiger partial charge >= 0.3 is 0 Å². The molecule has 1 aliphatic heterocycles. The normalized spacial score (nSPS) is 19.0. The largest absolute Gasteiger partial charge is 0.376 e. The first-order valence-electron chi connectivity index (χ1n) is 8.50. The lowest BCUT2D eigenvalue weighted by Crippen LogP contribution is -2.31. The third kappa shape index (κ3) is 4.11. The van der Waals surface area contributed by atoms with Gasteiger partial charge in [0.05, 0.1) is 25.9 Å². The van der Waals surface area contributed by atoms with E-state index < -0.39 is 0 Å². The Morgan fingerprint density at radius 3 is 2.21 bits per heavy atom. The van der Waals surface area contributed by atoms with Gasteiger partial charge in [0.1, 0.15) is 0 Å². The molecule has 2 aromatic rings. The van der Waals surface area contributed by atoms with E-state index in [2.05, 4.69) is 31.2 Å². The Morgan fingerprint density at radius 2 is 1.62 bits per heavy atom. The number of rotatable bonds is 5. The number of carbonyl (C=O) groups excluding carboxylic acids is 1. The van der Waals surface area contributed by atoms with Gasteiger partial charge in [0.2, 0.25) is 0 Å². The summed E-state index contributed by atoms with van der Waals surface area (Å²) >= 11 is 0. The molecule has 3 nitrogen and oxygen atoms in total. The van der Waals surface area contributed by atoms with E-state index in [1.54, 1.807) is 0 Å². The standard InChI is InChI=1S/C21H24O3/c1-15-3-7-17(8-4-15)20(13-19-14-23-11-12-24-19)21(22)18-9-5-16(2)6-10-18/h3-10,19-20H,11-14H2,1-2H3. The Balaban J connectivity index is 1.86. The molecule has 1 heterocycles. The predicted molar refractivity (Wildman–Crippen MR) is 94.6 cm³/mol. The molecular formula is C21H24O3. The van der Waals surface area contributed by atoms with Gasteiger partial charge < -0.3 is 9.47 Å². The first-order chi connectivity index (χ1) is 11.6. The lowest BCUT2D eigenvalue weighted by Gasteiger charge is -2.27. The number of ether oxygens (including phenoxy) is 2. The van der Waals surface area contributed by atoms with E-state index in [9.17, 15) is 4.79 Å². The first kappa shape index (κ1) is 16.9. The van der Waals surface area contributed by atoms with Crippen LogP contribution in [0.4, 0.5) is 0 Å². The van der Waals surface area contributed by atoms with Crippen LogP contribution in [0.5, 0.6) is 0 Å². The van der Waals surface area contributed by atoms with Crippen molar-refractivity contribution >= 4 is 5.78 Å². The first-order valence-corrected chi connectivity index (χ1v) is 8.50. The zero-order valence-electron chi connectivity index (χ0n) is 14.3. The summed E-state index contributed by atoms with van der Waals surface area (Å²) in [7, 11) is 0. The van der Waals surface area contributed by atoms with Crippen LogP contribution in [0, 0.1) is 13.8 Å². The van der Waals surface area contributed by atoms with Crippen molar-refractivity contribution in [3.05, 3.63) is 70.8 Å². The summed E-state index contributed by atoms with van der Waals surface area (Å²) in [6.45, 7) is 5.88. The minimum atomic E-state index is -0.208. The Labute approximate surface area is 143 Å². The summed E-state index contributed by atoms with van der Waals surface area (Å²) in [6, 6.07) is 16.0. The van der Waals surface area contributed by atoms with Crippen LogP contribution in [-0.4, -0.2) is 31.7 Å². The highest BCUT2D eigenvalue weighted by Gasteiger charge is 2.27. The summed E-state index contributed by atoms with van der Waals surface area (Å²) in [4.78, 5) is 13.1. The number of ketones is 1. The highest BCUT2D eigenvalue weighted by molar-refractivity contribution is 6.01. The molecule has 3 rings (SSSR count). The number of Topliss-reactive ketones (excluding diaryl/α,β-unsaturated/α-hetero) is 1. The molecule has 0 N–H and O–H groups in total. The molecule has 0 bridgehead atoms. The van der Waals surface area contributed by atoms with Crippen LogP contribution in [0.3, 0.4) is 0 Å². The van der Waals surface area contributed by atoms with E-state index in [0.717, 1.165) is 16.7 Å². The number of benzene rings is 2. The van der Waals surface area contributed by atoms with Crippen molar-refractivity contribution in [1.82, 2.24) is 0 Å². The molecule has 0 saturated carbocycles. The molecule has 0 spiro atoms. The second kappa shape index (κ2) is 7.73. The van der Waals surface area contributed by atoms with Crippen molar-refractivity contribution in [2.75, 3.05) is 19.8 Å². The van der Waals surface area contributed by atoms with E-state index in [1.165, 1.54) is 5.56 Å². The maximum atomic E-state index is 13.1. The van der Waals surface area contributed by atoms with Crippen LogP contribution in [0.25, 0.3) is 0 Å². The lowest BCUT2D eigenvalue weighted by molar-refractivity contribution is -0.0917. The molecule has 0 radical (unpaired) electrons. The van der Waals surface area contributed by atoms with Crippen molar-refractivity contribution in [1.29, 1.82) is 0 Å². The molecule has 0 aromatic heterocycles. The van der Waals surface area contributed by atoms with Gasteiger partial charge in [-0.3, -0.25) is 4.79 Å². The number of aryl methyl sites for hydroxylation is 2. The van der Waals surface area contributed by atoms with Gasteiger partial charge in [-0.2, -0.15) is 0 Å². The molecule has 1 fully saturated rings. The average molecular weight is 324 g/mol. The number of carbonyl (C=O) groups is 1. The highest BCUT2D eigenvalue weighted by Crippen LogP contribution is 2.28. The molecule has 0 aliphatic carbocycles. The minimum Gasteiger partial charge on any atom is -0.376 e. The van der Waals surface area contributed by atoms with Gasteiger partial charge in [0.15, 0.2) is 5.78 Å². The van der Waals surface area contributed by atoms with Crippen LogP contribution in [0.1, 0.15) is 39.4 Å². The smallest absolute Gasteiger partial charge is 0.170 e. The average Bonchev–Trinajstić information content (AvgIpc) is 2.62. The van der Waals surface area contributed by atoms with Crippen LogP contribution >= 0.6 is 0 Å². The van der Waals surface area contributed by atoms with Crippen molar-refractivity contribution in [3.8, 4) is 0 Å². The molecule has 24 heavy (non-hydrogen) atoms. The van der Waals surface area contributed by atoms with Crippen LogP contribution in [0.2, 0.25) is 0 Å². The second-order valence-corrected chi connectivity index (χ2v) is 6.50.